The molecule has 4 heteroatoms. The molecule has 1 heterocycles. The standard InChI is InChI=1S/C14H18N2O2/c1-14(2,3)10-6-5-9-7-12(13(17)16-18-4)15-11(9)8-10/h5-8,15H,1-4H3,(H,16,17). The van der Waals surface area contributed by atoms with Gasteiger partial charge in [0.15, 0.2) is 0 Å². The van der Waals surface area contributed by atoms with Gasteiger partial charge in [-0.05, 0) is 23.1 Å². The molecule has 0 unspecified atom stereocenters. The Bertz CT molecular complexity index is 579. The molecule has 0 aliphatic rings. The molecule has 0 spiro atoms. The molecule has 18 heavy (non-hydrogen) atoms. The Hall–Kier alpha value is -1.81. The van der Waals surface area contributed by atoms with Crippen LogP contribution in [0, 0.1) is 0 Å². The molecule has 0 saturated heterocycles. The molecule has 2 aromatic rings. The number of nitrogens with one attached hydrogen (secondary N) is 2. The van der Waals surface area contributed by atoms with Gasteiger partial charge in [0.05, 0.1) is 7.11 Å². The van der Waals surface area contributed by atoms with Crippen molar-refractivity contribution in [2.24, 2.45) is 0 Å². The molecule has 0 bridgehead atoms. The highest BCUT2D eigenvalue weighted by Gasteiger charge is 2.15. The van der Waals surface area contributed by atoms with Crippen LogP contribution in [0.25, 0.3) is 10.9 Å². The number of benzene rings is 1. The summed E-state index contributed by atoms with van der Waals surface area (Å²) < 4.78 is 0. The number of hydrogen-bond donors (Lipinski definition) is 2. The van der Waals surface area contributed by atoms with Crippen molar-refractivity contribution in [2.45, 2.75) is 26.2 Å². The summed E-state index contributed by atoms with van der Waals surface area (Å²) in [4.78, 5) is 19.3. The fraction of sp³-hybridized carbons (Fsp3) is 0.357. The molecule has 4 nitrogen and oxygen atoms in total. The lowest BCUT2D eigenvalue weighted by atomic mass is 9.87. The number of rotatable bonds is 2. The number of aromatic nitrogens is 1. The number of hydrogen-bond acceptors (Lipinski definition) is 2. The van der Waals surface area contributed by atoms with E-state index in [1.165, 1.54) is 12.7 Å². The predicted molar refractivity (Wildman–Crippen MR) is 71.5 cm³/mol. The molecule has 0 atom stereocenters. The molecule has 0 radical (unpaired) electrons. The Labute approximate surface area is 106 Å². The summed E-state index contributed by atoms with van der Waals surface area (Å²) in [5, 5.41) is 1.02. The van der Waals surface area contributed by atoms with Gasteiger partial charge < -0.3 is 4.98 Å². The summed E-state index contributed by atoms with van der Waals surface area (Å²) in [5.41, 5.74) is 5.08. The Balaban J connectivity index is 2.43. The fourth-order valence-electron chi connectivity index (χ4n) is 1.86. The maximum absolute atomic E-state index is 11.6. The van der Waals surface area contributed by atoms with E-state index in [1.807, 2.05) is 12.1 Å². The first-order valence-corrected chi connectivity index (χ1v) is 5.88. The molecule has 2 rings (SSSR count). The van der Waals surface area contributed by atoms with Gasteiger partial charge in [-0.1, -0.05) is 32.9 Å². The zero-order valence-corrected chi connectivity index (χ0v) is 11.1. The van der Waals surface area contributed by atoms with Crippen molar-refractivity contribution >= 4 is 16.8 Å². The van der Waals surface area contributed by atoms with Crippen molar-refractivity contribution in [2.75, 3.05) is 7.11 Å². The summed E-state index contributed by atoms with van der Waals surface area (Å²) in [6.45, 7) is 6.49. The fourth-order valence-corrected chi connectivity index (χ4v) is 1.86. The zero-order valence-electron chi connectivity index (χ0n) is 11.1. The van der Waals surface area contributed by atoms with E-state index in [0.29, 0.717) is 5.69 Å². The minimum atomic E-state index is -0.272. The highest BCUT2D eigenvalue weighted by molar-refractivity contribution is 5.97. The van der Waals surface area contributed by atoms with Gasteiger partial charge in [-0.3, -0.25) is 9.63 Å². The van der Waals surface area contributed by atoms with E-state index in [0.717, 1.165) is 10.9 Å². The normalized spacial score (nSPS) is 11.8. The van der Waals surface area contributed by atoms with Crippen molar-refractivity contribution in [3.05, 3.63) is 35.5 Å². The van der Waals surface area contributed by atoms with E-state index < -0.39 is 0 Å². The lowest BCUT2D eigenvalue weighted by Gasteiger charge is -2.18. The van der Waals surface area contributed by atoms with Crippen LogP contribution >= 0.6 is 0 Å². The van der Waals surface area contributed by atoms with Crippen LogP contribution in [0.3, 0.4) is 0 Å². The minimum Gasteiger partial charge on any atom is -0.350 e. The third-order valence-electron chi connectivity index (χ3n) is 2.93. The van der Waals surface area contributed by atoms with Crippen LogP contribution < -0.4 is 5.48 Å². The molecular weight excluding hydrogens is 228 g/mol. The SMILES string of the molecule is CONC(=O)c1cc2ccc(C(C)(C)C)cc2[nH]1. The smallest absolute Gasteiger partial charge is 0.291 e. The van der Waals surface area contributed by atoms with Crippen LogP contribution in [0.2, 0.25) is 0 Å². The van der Waals surface area contributed by atoms with Crippen LogP contribution in [-0.4, -0.2) is 18.0 Å². The maximum atomic E-state index is 11.6. The second-order valence-electron chi connectivity index (χ2n) is 5.37. The lowest BCUT2D eigenvalue weighted by molar-refractivity contribution is 0.0533. The Morgan fingerprint density at radius 1 is 1.28 bits per heavy atom. The highest BCUT2D eigenvalue weighted by atomic mass is 16.6. The first kappa shape index (κ1) is 12.6. The van der Waals surface area contributed by atoms with Gasteiger partial charge in [0.25, 0.3) is 5.91 Å². The summed E-state index contributed by atoms with van der Waals surface area (Å²) in [7, 11) is 1.41. The Kier molecular flexibility index (Phi) is 3.13. The molecule has 0 aliphatic carbocycles. The molecule has 0 fully saturated rings. The van der Waals surface area contributed by atoms with Gasteiger partial charge in [0, 0.05) is 10.9 Å². The van der Waals surface area contributed by atoms with E-state index in [9.17, 15) is 4.79 Å². The molecule has 0 aliphatic heterocycles. The Morgan fingerprint density at radius 3 is 2.61 bits per heavy atom. The third kappa shape index (κ3) is 2.38. The number of fused-ring (bicyclic) bond motifs is 1. The monoisotopic (exact) mass is 246 g/mol. The summed E-state index contributed by atoms with van der Waals surface area (Å²) in [6, 6.07) is 8.01. The van der Waals surface area contributed by atoms with Gasteiger partial charge in [-0.15, -0.1) is 0 Å². The average molecular weight is 246 g/mol. The number of H-pyrrole nitrogens is 1. The van der Waals surface area contributed by atoms with E-state index >= 15 is 0 Å². The van der Waals surface area contributed by atoms with Gasteiger partial charge in [0.2, 0.25) is 0 Å². The molecule has 1 aromatic carbocycles. The van der Waals surface area contributed by atoms with Crippen LogP contribution in [0.4, 0.5) is 0 Å². The molecule has 96 valence electrons. The first-order chi connectivity index (χ1) is 8.41. The summed E-state index contributed by atoms with van der Waals surface area (Å²) >= 11 is 0. The van der Waals surface area contributed by atoms with Gasteiger partial charge in [-0.25, -0.2) is 5.48 Å². The molecular formula is C14H18N2O2. The van der Waals surface area contributed by atoms with Crippen molar-refractivity contribution in [1.29, 1.82) is 0 Å². The molecule has 1 aromatic heterocycles. The van der Waals surface area contributed by atoms with Crippen molar-refractivity contribution < 1.29 is 9.63 Å². The average Bonchev–Trinajstić information content (AvgIpc) is 2.70. The molecule has 1 amide bonds. The van der Waals surface area contributed by atoms with Crippen molar-refractivity contribution in [1.82, 2.24) is 10.5 Å². The van der Waals surface area contributed by atoms with E-state index in [1.54, 1.807) is 0 Å². The minimum absolute atomic E-state index is 0.0915. The number of hydroxylamine groups is 1. The predicted octanol–water partition coefficient (Wildman–Crippen LogP) is 2.76. The number of amides is 1. The quantitative estimate of drug-likeness (QED) is 0.800. The maximum Gasteiger partial charge on any atom is 0.291 e. The van der Waals surface area contributed by atoms with Crippen LogP contribution in [0.1, 0.15) is 36.8 Å². The van der Waals surface area contributed by atoms with Gasteiger partial charge in [0.1, 0.15) is 5.69 Å². The van der Waals surface area contributed by atoms with Crippen LogP contribution in [0.15, 0.2) is 24.3 Å². The van der Waals surface area contributed by atoms with E-state index in [2.05, 4.69) is 48.2 Å². The zero-order chi connectivity index (χ0) is 13.3. The van der Waals surface area contributed by atoms with E-state index in [-0.39, 0.29) is 11.3 Å². The van der Waals surface area contributed by atoms with Gasteiger partial charge >= 0.3 is 0 Å². The summed E-state index contributed by atoms with van der Waals surface area (Å²) in [6.07, 6.45) is 0. The number of carbonyl (C=O) groups is 1. The van der Waals surface area contributed by atoms with Crippen molar-refractivity contribution in [3.63, 3.8) is 0 Å². The third-order valence-corrected chi connectivity index (χ3v) is 2.93. The number of carbonyl (C=O) groups excluding carboxylic acids is 1. The van der Waals surface area contributed by atoms with Gasteiger partial charge in [-0.2, -0.15) is 0 Å². The van der Waals surface area contributed by atoms with Crippen molar-refractivity contribution in [3.8, 4) is 0 Å². The second-order valence-corrected chi connectivity index (χ2v) is 5.37. The first-order valence-electron chi connectivity index (χ1n) is 5.88. The lowest BCUT2D eigenvalue weighted by Crippen LogP contribution is -2.21. The van der Waals surface area contributed by atoms with E-state index in [4.69, 9.17) is 0 Å². The van der Waals surface area contributed by atoms with Crippen LogP contribution in [0.5, 0.6) is 0 Å². The number of aromatic amines is 1. The molecule has 0 saturated carbocycles. The topological polar surface area (TPSA) is 54.1 Å². The molecule has 2 N–H and O–H groups in total. The second kappa shape index (κ2) is 4.46. The summed E-state index contributed by atoms with van der Waals surface area (Å²) in [5.74, 6) is -0.272. The largest absolute Gasteiger partial charge is 0.350 e. The highest BCUT2D eigenvalue weighted by Crippen LogP contribution is 2.26. The Morgan fingerprint density at radius 2 is 2.00 bits per heavy atom. The van der Waals surface area contributed by atoms with Crippen LogP contribution in [-0.2, 0) is 10.3 Å².